The highest BCUT2D eigenvalue weighted by atomic mass is 32.2. The van der Waals surface area contributed by atoms with Crippen molar-refractivity contribution in [3.63, 3.8) is 0 Å². The molecule has 3 rings (SSSR count). The van der Waals surface area contributed by atoms with E-state index in [0.717, 1.165) is 4.88 Å². The summed E-state index contributed by atoms with van der Waals surface area (Å²) in [5.41, 5.74) is 1.47. The van der Waals surface area contributed by atoms with Crippen LogP contribution < -0.4 is 4.72 Å². The zero-order valence-corrected chi connectivity index (χ0v) is 12.5. The maximum absolute atomic E-state index is 12.3. The van der Waals surface area contributed by atoms with Gasteiger partial charge < -0.3 is 4.42 Å². The number of nitrogens with one attached hydrogen (secondary N) is 1. The van der Waals surface area contributed by atoms with Crippen LogP contribution in [0.25, 0.3) is 11.1 Å². The number of hydrogen-bond donors (Lipinski definition) is 1. The molecule has 0 aliphatic rings. The monoisotopic (exact) mass is 308 g/mol. The standard InChI is InChI=1S/C13H12N2O3S2/c1-8-6-7-12(19-8)20(16,17)15-11-5-3-4-10-13(11)18-9(2)14-10/h3-7,15H,1-2H3. The first-order valence-corrected chi connectivity index (χ1v) is 8.21. The number of anilines is 1. The van der Waals surface area contributed by atoms with Gasteiger partial charge in [0.2, 0.25) is 0 Å². The molecule has 0 unspecified atom stereocenters. The van der Waals surface area contributed by atoms with E-state index in [1.165, 1.54) is 11.3 Å². The summed E-state index contributed by atoms with van der Waals surface area (Å²) in [6, 6.07) is 8.54. The van der Waals surface area contributed by atoms with Gasteiger partial charge in [-0.25, -0.2) is 13.4 Å². The number of sulfonamides is 1. The van der Waals surface area contributed by atoms with Crippen molar-refractivity contribution in [3.8, 4) is 0 Å². The minimum Gasteiger partial charge on any atom is -0.439 e. The zero-order valence-electron chi connectivity index (χ0n) is 10.9. The predicted molar refractivity (Wildman–Crippen MR) is 78.6 cm³/mol. The first-order chi connectivity index (χ1) is 9.45. The van der Waals surface area contributed by atoms with E-state index < -0.39 is 10.0 Å². The Kier molecular flexibility index (Phi) is 3.02. The van der Waals surface area contributed by atoms with Gasteiger partial charge >= 0.3 is 0 Å². The second kappa shape index (κ2) is 4.60. The molecule has 1 N–H and O–H groups in total. The normalized spacial score (nSPS) is 11.9. The summed E-state index contributed by atoms with van der Waals surface area (Å²) in [5.74, 6) is 0.499. The number of rotatable bonds is 3. The van der Waals surface area contributed by atoms with Gasteiger partial charge in [-0.3, -0.25) is 4.72 Å². The Labute approximate surface area is 120 Å². The molecular weight excluding hydrogens is 296 g/mol. The Morgan fingerprint density at radius 3 is 2.70 bits per heavy atom. The van der Waals surface area contributed by atoms with E-state index in [1.54, 1.807) is 37.3 Å². The van der Waals surface area contributed by atoms with E-state index in [2.05, 4.69) is 9.71 Å². The number of hydrogen-bond acceptors (Lipinski definition) is 5. The Hall–Kier alpha value is -1.86. The molecule has 0 aliphatic heterocycles. The van der Waals surface area contributed by atoms with E-state index in [9.17, 15) is 8.42 Å². The Morgan fingerprint density at radius 1 is 1.20 bits per heavy atom. The van der Waals surface area contributed by atoms with Crippen LogP contribution in [0.1, 0.15) is 10.8 Å². The molecule has 0 saturated heterocycles. The van der Waals surface area contributed by atoms with Gasteiger partial charge in [0, 0.05) is 11.8 Å². The molecule has 5 nitrogen and oxygen atoms in total. The smallest absolute Gasteiger partial charge is 0.271 e. The van der Waals surface area contributed by atoms with Crippen LogP contribution in [-0.4, -0.2) is 13.4 Å². The van der Waals surface area contributed by atoms with Gasteiger partial charge in [-0.2, -0.15) is 0 Å². The summed E-state index contributed by atoms with van der Waals surface area (Å²) in [7, 11) is -3.59. The first-order valence-electron chi connectivity index (χ1n) is 5.91. The fourth-order valence-corrected chi connectivity index (χ4v) is 4.24. The van der Waals surface area contributed by atoms with Crippen molar-refractivity contribution >= 4 is 38.1 Å². The van der Waals surface area contributed by atoms with Gasteiger partial charge in [0.25, 0.3) is 10.0 Å². The van der Waals surface area contributed by atoms with Gasteiger partial charge in [-0.05, 0) is 31.2 Å². The summed E-state index contributed by atoms with van der Waals surface area (Å²) in [5, 5.41) is 0. The lowest BCUT2D eigenvalue weighted by molar-refractivity contribution is 0.561. The van der Waals surface area contributed by atoms with Gasteiger partial charge in [0.05, 0.1) is 5.69 Å². The first kappa shape index (κ1) is 13.1. The van der Waals surface area contributed by atoms with Gasteiger partial charge in [-0.1, -0.05) is 6.07 Å². The zero-order chi connectivity index (χ0) is 14.3. The number of oxazole rings is 1. The second-order valence-electron chi connectivity index (χ2n) is 4.36. The van der Waals surface area contributed by atoms with Crippen LogP contribution in [0.2, 0.25) is 0 Å². The molecule has 0 atom stereocenters. The fourth-order valence-electron chi connectivity index (χ4n) is 1.89. The summed E-state index contributed by atoms with van der Waals surface area (Å²) in [6.07, 6.45) is 0. The molecule has 2 heterocycles. The third kappa shape index (κ3) is 2.30. The molecule has 0 amide bonds. The molecule has 0 aliphatic carbocycles. The number of aryl methyl sites for hydroxylation is 2. The number of fused-ring (bicyclic) bond motifs is 1. The largest absolute Gasteiger partial charge is 0.439 e. The van der Waals surface area contributed by atoms with Crippen LogP contribution in [0.3, 0.4) is 0 Å². The van der Waals surface area contributed by atoms with Crippen LogP contribution >= 0.6 is 11.3 Å². The molecule has 2 aromatic heterocycles. The van der Waals surface area contributed by atoms with Crippen LogP contribution in [-0.2, 0) is 10.0 Å². The van der Waals surface area contributed by atoms with E-state index in [4.69, 9.17) is 4.42 Å². The van der Waals surface area contributed by atoms with Crippen LogP contribution in [0, 0.1) is 13.8 Å². The number of nitrogens with zero attached hydrogens (tertiary/aromatic N) is 1. The van der Waals surface area contributed by atoms with Gasteiger partial charge in [0.15, 0.2) is 11.5 Å². The van der Waals surface area contributed by atoms with Crippen molar-refractivity contribution in [2.45, 2.75) is 18.1 Å². The third-order valence-corrected chi connectivity index (χ3v) is 5.60. The third-order valence-electron chi connectivity index (χ3n) is 2.75. The van der Waals surface area contributed by atoms with Crippen molar-refractivity contribution < 1.29 is 12.8 Å². The van der Waals surface area contributed by atoms with Crippen LogP contribution in [0.5, 0.6) is 0 Å². The molecular formula is C13H12N2O3S2. The highest BCUT2D eigenvalue weighted by molar-refractivity contribution is 7.94. The van der Waals surface area contributed by atoms with Gasteiger partial charge in [-0.15, -0.1) is 11.3 Å². The molecule has 0 bridgehead atoms. The Balaban J connectivity index is 2.05. The molecule has 104 valence electrons. The Morgan fingerprint density at radius 2 is 2.00 bits per heavy atom. The topological polar surface area (TPSA) is 72.2 Å². The lowest BCUT2D eigenvalue weighted by Crippen LogP contribution is -2.11. The molecule has 0 spiro atoms. The lowest BCUT2D eigenvalue weighted by Gasteiger charge is -2.06. The van der Waals surface area contributed by atoms with Crippen molar-refractivity contribution in [2.75, 3.05) is 4.72 Å². The predicted octanol–water partition coefficient (Wildman–Crippen LogP) is 3.31. The van der Waals surface area contributed by atoms with E-state index in [0.29, 0.717) is 22.7 Å². The van der Waals surface area contributed by atoms with Crippen molar-refractivity contribution in [3.05, 3.63) is 41.1 Å². The summed E-state index contributed by atoms with van der Waals surface area (Å²) in [6.45, 7) is 3.59. The number of aromatic nitrogens is 1. The van der Waals surface area contributed by atoms with Crippen LogP contribution in [0.15, 0.2) is 39.0 Å². The minimum absolute atomic E-state index is 0.281. The number of benzene rings is 1. The number of thiophene rings is 1. The van der Waals surface area contributed by atoms with Gasteiger partial charge in [0.1, 0.15) is 9.73 Å². The average Bonchev–Trinajstić information content (AvgIpc) is 2.95. The highest BCUT2D eigenvalue weighted by Crippen LogP contribution is 2.28. The maximum Gasteiger partial charge on any atom is 0.271 e. The lowest BCUT2D eigenvalue weighted by atomic mass is 10.3. The van der Waals surface area contributed by atoms with E-state index in [1.807, 2.05) is 6.92 Å². The summed E-state index contributed by atoms with van der Waals surface area (Å²) < 4.78 is 32.9. The van der Waals surface area contributed by atoms with Crippen molar-refractivity contribution in [1.82, 2.24) is 4.98 Å². The second-order valence-corrected chi connectivity index (χ2v) is 7.55. The fraction of sp³-hybridized carbons (Fsp3) is 0.154. The molecule has 20 heavy (non-hydrogen) atoms. The molecule has 0 radical (unpaired) electrons. The highest BCUT2D eigenvalue weighted by Gasteiger charge is 2.18. The molecule has 0 fully saturated rings. The quantitative estimate of drug-likeness (QED) is 0.805. The van der Waals surface area contributed by atoms with Crippen molar-refractivity contribution in [2.24, 2.45) is 0 Å². The molecule has 1 aromatic carbocycles. The molecule has 3 aromatic rings. The SMILES string of the molecule is Cc1nc2cccc(NS(=O)(=O)c3ccc(C)s3)c2o1. The molecule has 0 saturated carbocycles. The maximum atomic E-state index is 12.3. The molecule has 7 heteroatoms. The summed E-state index contributed by atoms with van der Waals surface area (Å²) >= 11 is 1.23. The van der Waals surface area contributed by atoms with Crippen LogP contribution in [0.4, 0.5) is 5.69 Å². The summed E-state index contributed by atoms with van der Waals surface area (Å²) in [4.78, 5) is 5.13. The average molecular weight is 308 g/mol. The Bertz CT molecular complexity index is 878. The van der Waals surface area contributed by atoms with E-state index >= 15 is 0 Å². The van der Waals surface area contributed by atoms with Crippen molar-refractivity contribution in [1.29, 1.82) is 0 Å². The number of para-hydroxylation sites is 1. The minimum atomic E-state index is -3.59. The van der Waals surface area contributed by atoms with E-state index in [-0.39, 0.29) is 4.21 Å².